The van der Waals surface area contributed by atoms with Crippen LogP contribution in [0.4, 0.5) is 4.79 Å². The number of Topliss-reactive ketones (excluding diaryl/α,β-unsaturated/α-hetero) is 1. The van der Waals surface area contributed by atoms with Gasteiger partial charge in [0.2, 0.25) is 5.78 Å². The summed E-state index contributed by atoms with van der Waals surface area (Å²) < 4.78 is 4.73. The molecule has 122 valence electrons. The molecule has 0 spiro atoms. The average molecular weight is 342 g/mol. The van der Waals surface area contributed by atoms with Crippen molar-refractivity contribution in [2.24, 2.45) is 0 Å². The van der Waals surface area contributed by atoms with Crippen LogP contribution in [0.2, 0.25) is 0 Å². The Morgan fingerprint density at radius 1 is 1.12 bits per heavy atom. The first kappa shape index (κ1) is 15.9. The number of ketones is 1. The Morgan fingerprint density at radius 2 is 1.88 bits per heavy atom. The molecular formula is C17H14N2O4S. The summed E-state index contributed by atoms with van der Waals surface area (Å²) in [6, 6.07) is 11.1. The van der Waals surface area contributed by atoms with Crippen molar-refractivity contribution in [1.29, 1.82) is 0 Å². The zero-order valence-corrected chi connectivity index (χ0v) is 13.6. The molecule has 7 heteroatoms. The number of hydrogen-bond acceptors (Lipinski definition) is 5. The van der Waals surface area contributed by atoms with Gasteiger partial charge in [-0.25, -0.2) is 9.59 Å². The number of carbonyl (C=O) groups is 3. The van der Waals surface area contributed by atoms with Crippen LogP contribution in [0.15, 0.2) is 59.1 Å². The highest BCUT2D eigenvalue weighted by molar-refractivity contribution is 7.12. The molecule has 24 heavy (non-hydrogen) atoms. The smallest absolute Gasteiger partial charge is 0.355 e. The van der Waals surface area contributed by atoms with Crippen molar-refractivity contribution in [1.82, 2.24) is 10.6 Å². The number of carbonyl (C=O) groups excluding carboxylic acids is 3. The minimum absolute atomic E-state index is 0.131. The van der Waals surface area contributed by atoms with Gasteiger partial charge in [0.1, 0.15) is 5.70 Å². The Balaban J connectivity index is 2.17. The van der Waals surface area contributed by atoms with E-state index in [1.54, 1.807) is 41.8 Å². The zero-order valence-electron chi connectivity index (χ0n) is 12.7. The molecule has 3 rings (SSSR count). The van der Waals surface area contributed by atoms with Gasteiger partial charge >= 0.3 is 12.0 Å². The minimum atomic E-state index is -0.759. The number of methoxy groups -OCH3 is 1. The molecule has 1 aromatic heterocycles. The van der Waals surface area contributed by atoms with Gasteiger partial charge in [-0.05, 0) is 17.0 Å². The molecule has 0 saturated carbocycles. The lowest BCUT2D eigenvalue weighted by molar-refractivity contribution is -0.136. The number of benzene rings is 1. The molecule has 2 amide bonds. The molecule has 1 aliphatic heterocycles. The van der Waals surface area contributed by atoms with E-state index in [1.165, 1.54) is 18.4 Å². The number of nitrogens with one attached hydrogen (secondary N) is 2. The molecule has 6 nitrogen and oxygen atoms in total. The van der Waals surface area contributed by atoms with Crippen molar-refractivity contribution >= 4 is 29.1 Å². The predicted molar refractivity (Wildman–Crippen MR) is 88.5 cm³/mol. The van der Waals surface area contributed by atoms with E-state index in [0.29, 0.717) is 10.4 Å². The third-order valence-corrected chi connectivity index (χ3v) is 4.45. The van der Waals surface area contributed by atoms with Gasteiger partial charge < -0.3 is 15.4 Å². The van der Waals surface area contributed by atoms with Crippen LogP contribution in [0.1, 0.15) is 21.3 Å². The second-order valence-electron chi connectivity index (χ2n) is 5.03. The Labute approximate surface area is 142 Å². The van der Waals surface area contributed by atoms with E-state index in [-0.39, 0.29) is 17.1 Å². The van der Waals surface area contributed by atoms with E-state index in [4.69, 9.17) is 4.74 Å². The van der Waals surface area contributed by atoms with E-state index in [9.17, 15) is 14.4 Å². The molecule has 2 heterocycles. The highest BCUT2D eigenvalue weighted by Gasteiger charge is 2.36. The lowest BCUT2D eigenvalue weighted by atomic mass is 9.91. The maximum absolute atomic E-state index is 12.9. The highest BCUT2D eigenvalue weighted by atomic mass is 32.1. The fourth-order valence-corrected chi connectivity index (χ4v) is 3.19. The second kappa shape index (κ2) is 6.67. The summed E-state index contributed by atoms with van der Waals surface area (Å²) in [6.07, 6.45) is 0. The molecule has 1 aromatic carbocycles. The van der Waals surface area contributed by atoms with Crippen molar-refractivity contribution in [3.63, 3.8) is 0 Å². The molecule has 1 unspecified atom stereocenters. The van der Waals surface area contributed by atoms with Gasteiger partial charge in [-0.3, -0.25) is 4.79 Å². The number of rotatable bonds is 4. The lowest BCUT2D eigenvalue weighted by Gasteiger charge is -2.28. The summed E-state index contributed by atoms with van der Waals surface area (Å²) in [5, 5.41) is 6.88. The second-order valence-corrected chi connectivity index (χ2v) is 5.98. The van der Waals surface area contributed by atoms with E-state index >= 15 is 0 Å². The van der Waals surface area contributed by atoms with Crippen molar-refractivity contribution in [3.8, 4) is 0 Å². The number of thiophene rings is 1. The minimum Gasteiger partial charge on any atom is -0.464 e. The summed E-state index contributed by atoms with van der Waals surface area (Å²) in [5.74, 6) is -1.09. The number of urea groups is 1. The van der Waals surface area contributed by atoms with Crippen LogP contribution in [0.3, 0.4) is 0 Å². The largest absolute Gasteiger partial charge is 0.464 e. The lowest BCUT2D eigenvalue weighted by Crippen LogP contribution is -2.47. The van der Waals surface area contributed by atoms with Crippen molar-refractivity contribution < 1.29 is 19.1 Å². The molecule has 0 radical (unpaired) electrons. The van der Waals surface area contributed by atoms with Crippen LogP contribution in [-0.2, 0) is 9.53 Å². The summed E-state index contributed by atoms with van der Waals surface area (Å²) in [4.78, 5) is 37.5. The first-order valence-electron chi connectivity index (χ1n) is 7.15. The molecule has 2 N–H and O–H groups in total. The Kier molecular flexibility index (Phi) is 4.43. The molecule has 0 aliphatic carbocycles. The van der Waals surface area contributed by atoms with Crippen LogP contribution in [0.25, 0.3) is 0 Å². The summed E-state index contributed by atoms with van der Waals surface area (Å²) >= 11 is 1.27. The van der Waals surface area contributed by atoms with Gasteiger partial charge in [0, 0.05) is 0 Å². The van der Waals surface area contributed by atoms with Gasteiger partial charge in [-0.15, -0.1) is 11.3 Å². The Hall–Kier alpha value is -2.93. The summed E-state index contributed by atoms with van der Waals surface area (Å²) in [7, 11) is 1.20. The van der Waals surface area contributed by atoms with E-state index in [0.717, 1.165) is 0 Å². The highest BCUT2D eigenvalue weighted by Crippen LogP contribution is 2.30. The molecule has 2 aromatic rings. The number of ether oxygens (including phenoxy) is 1. The fraction of sp³-hybridized carbons (Fsp3) is 0.118. The first-order valence-corrected chi connectivity index (χ1v) is 8.03. The number of hydrogen-bond donors (Lipinski definition) is 2. The Morgan fingerprint density at radius 3 is 2.50 bits per heavy atom. The maximum Gasteiger partial charge on any atom is 0.355 e. The molecule has 0 fully saturated rings. The zero-order chi connectivity index (χ0) is 17.1. The van der Waals surface area contributed by atoms with Crippen molar-refractivity contribution in [3.05, 3.63) is 69.6 Å². The number of amides is 2. The average Bonchev–Trinajstić information content (AvgIpc) is 3.15. The fourth-order valence-electron chi connectivity index (χ4n) is 2.51. The SMILES string of the molecule is COC(=O)C1=C(C(=O)c2cccs2)C(c2ccccc2)NC(=O)N1. The van der Waals surface area contributed by atoms with Crippen molar-refractivity contribution in [2.75, 3.05) is 7.11 Å². The molecular weight excluding hydrogens is 328 g/mol. The predicted octanol–water partition coefficient (Wildman–Crippen LogP) is 2.41. The van der Waals surface area contributed by atoms with Crippen LogP contribution >= 0.6 is 11.3 Å². The van der Waals surface area contributed by atoms with Gasteiger partial charge in [-0.1, -0.05) is 36.4 Å². The first-order chi connectivity index (χ1) is 11.6. The molecule has 1 aliphatic rings. The van der Waals surface area contributed by atoms with Crippen LogP contribution in [0.5, 0.6) is 0 Å². The summed E-state index contributed by atoms with van der Waals surface area (Å²) in [6.45, 7) is 0. The van der Waals surface area contributed by atoms with Crippen LogP contribution in [0, 0.1) is 0 Å². The van der Waals surface area contributed by atoms with E-state index in [1.807, 2.05) is 6.07 Å². The maximum atomic E-state index is 12.9. The van der Waals surface area contributed by atoms with Crippen molar-refractivity contribution in [2.45, 2.75) is 6.04 Å². The quantitative estimate of drug-likeness (QED) is 0.660. The molecule has 0 saturated heterocycles. The molecule has 0 bridgehead atoms. The standard InChI is InChI=1S/C17H14N2O4S/c1-23-16(21)14-12(15(20)11-8-5-9-24-11)13(18-17(22)19-14)10-6-3-2-4-7-10/h2-9,13H,1H3,(H2,18,19,22). The van der Waals surface area contributed by atoms with E-state index < -0.39 is 18.0 Å². The van der Waals surface area contributed by atoms with Gasteiger partial charge in [0.05, 0.1) is 23.6 Å². The monoisotopic (exact) mass is 342 g/mol. The van der Waals surface area contributed by atoms with Gasteiger partial charge in [-0.2, -0.15) is 0 Å². The van der Waals surface area contributed by atoms with Crippen LogP contribution in [-0.4, -0.2) is 24.9 Å². The van der Waals surface area contributed by atoms with Crippen LogP contribution < -0.4 is 10.6 Å². The third kappa shape index (κ3) is 2.93. The third-order valence-electron chi connectivity index (χ3n) is 3.58. The van der Waals surface area contributed by atoms with Gasteiger partial charge in [0.15, 0.2) is 0 Å². The van der Waals surface area contributed by atoms with E-state index in [2.05, 4.69) is 10.6 Å². The number of esters is 1. The summed E-state index contributed by atoms with van der Waals surface area (Å²) in [5.41, 5.74) is 0.734. The normalized spacial score (nSPS) is 17.0. The Bertz CT molecular complexity index is 812. The molecule has 1 atom stereocenters. The topological polar surface area (TPSA) is 84.5 Å². The van der Waals surface area contributed by atoms with Gasteiger partial charge in [0.25, 0.3) is 0 Å².